The van der Waals surface area contributed by atoms with Crippen molar-refractivity contribution in [3.63, 3.8) is 0 Å². The van der Waals surface area contributed by atoms with Crippen molar-refractivity contribution in [3.8, 4) is 0 Å². The maximum Gasteiger partial charge on any atom is 0.197 e. The lowest BCUT2D eigenvalue weighted by molar-refractivity contribution is 0.397. The first-order chi connectivity index (χ1) is 7.81. The Morgan fingerprint density at radius 3 is 2.56 bits per heavy atom. The topological polar surface area (TPSA) is 52.0 Å². The Bertz CT molecular complexity index is 325. The van der Waals surface area contributed by atoms with E-state index in [4.69, 9.17) is 10.2 Å². The summed E-state index contributed by atoms with van der Waals surface area (Å²) in [6.07, 6.45) is 8.66. The van der Waals surface area contributed by atoms with Crippen LogP contribution in [0.3, 0.4) is 0 Å². The molecule has 0 atom stereocenters. The van der Waals surface area contributed by atoms with Gasteiger partial charge in [0.15, 0.2) is 5.89 Å². The lowest BCUT2D eigenvalue weighted by Crippen LogP contribution is -2.02. The van der Waals surface area contributed by atoms with E-state index in [-0.39, 0.29) is 0 Å². The van der Waals surface area contributed by atoms with Crippen LogP contribution >= 0.6 is 0 Å². The standard InChI is InChI=1S/C13H22N2O/c1-10-12(8-9-14)16-13(15-10)11-6-4-2-3-5-7-11/h11H,2-9,14H2,1H3. The molecule has 3 nitrogen and oxygen atoms in total. The Morgan fingerprint density at radius 2 is 1.94 bits per heavy atom. The number of oxazole rings is 1. The van der Waals surface area contributed by atoms with Crippen LogP contribution < -0.4 is 5.73 Å². The second-order valence-corrected chi connectivity index (χ2v) is 4.79. The van der Waals surface area contributed by atoms with Gasteiger partial charge in [-0.25, -0.2) is 4.98 Å². The Hall–Kier alpha value is -0.830. The predicted octanol–water partition coefficient (Wildman–Crippen LogP) is 2.92. The third kappa shape index (κ3) is 2.64. The number of aryl methyl sites for hydroxylation is 1. The molecule has 0 saturated heterocycles. The number of hydrogen-bond donors (Lipinski definition) is 1. The third-order valence-electron chi connectivity index (χ3n) is 3.49. The van der Waals surface area contributed by atoms with E-state index in [2.05, 4.69) is 4.98 Å². The van der Waals surface area contributed by atoms with Crippen molar-refractivity contribution >= 4 is 0 Å². The number of nitrogens with zero attached hydrogens (tertiary/aromatic N) is 1. The highest BCUT2D eigenvalue weighted by Gasteiger charge is 2.20. The second-order valence-electron chi connectivity index (χ2n) is 4.79. The summed E-state index contributed by atoms with van der Waals surface area (Å²) in [5.74, 6) is 2.50. The molecule has 1 aliphatic rings. The summed E-state index contributed by atoms with van der Waals surface area (Å²) in [7, 11) is 0. The molecular weight excluding hydrogens is 200 g/mol. The summed E-state index contributed by atoms with van der Waals surface area (Å²) in [5, 5.41) is 0. The fourth-order valence-corrected chi connectivity index (χ4v) is 2.51. The summed E-state index contributed by atoms with van der Waals surface area (Å²) in [6, 6.07) is 0. The maximum absolute atomic E-state index is 5.86. The van der Waals surface area contributed by atoms with Gasteiger partial charge < -0.3 is 10.2 Å². The molecule has 2 N–H and O–H groups in total. The first-order valence-electron chi connectivity index (χ1n) is 6.47. The lowest BCUT2D eigenvalue weighted by Gasteiger charge is -2.08. The zero-order valence-corrected chi connectivity index (χ0v) is 10.2. The van der Waals surface area contributed by atoms with E-state index in [1.807, 2.05) is 6.92 Å². The molecule has 0 amide bonds. The highest BCUT2D eigenvalue weighted by molar-refractivity contribution is 5.10. The molecule has 0 aliphatic heterocycles. The van der Waals surface area contributed by atoms with E-state index in [0.29, 0.717) is 12.5 Å². The Morgan fingerprint density at radius 1 is 1.25 bits per heavy atom. The van der Waals surface area contributed by atoms with Gasteiger partial charge in [-0.2, -0.15) is 0 Å². The first-order valence-corrected chi connectivity index (χ1v) is 6.47. The molecule has 1 heterocycles. The van der Waals surface area contributed by atoms with E-state index in [1.54, 1.807) is 0 Å². The average Bonchev–Trinajstić information content (AvgIpc) is 2.54. The van der Waals surface area contributed by atoms with Crippen LogP contribution in [0.4, 0.5) is 0 Å². The molecule has 1 fully saturated rings. The highest BCUT2D eigenvalue weighted by Crippen LogP contribution is 2.31. The highest BCUT2D eigenvalue weighted by atomic mass is 16.4. The Labute approximate surface area is 97.4 Å². The van der Waals surface area contributed by atoms with Crippen molar-refractivity contribution in [3.05, 3.63) is 17.3 Å². The van der Waals surface area contributed by atoms with Crippen LogP contribution in [-0.4, -0.2) is 11.5 Å². The molecule has 2 rings (SSSR count). The second kappa shape index (κ2) is 5.48. The van der Waals surface area contributed by atoms with Crippen LogP contribution in [0.5, 0.6) is 0 Å². The van der Waals surface area contributed by atoms with Crippen molar-refractivity contribution in [2.24, 2.45) is 5.73 Å². The summed E-state index contributed by atoms with van der Waals surface area (Å²) >= 11 is 0. The number of rotatable bonds is 3. The van der Waals surface area contributed by atoms with Gasteiger partial charge in [-0.15, -0.1) is 0 Å². The molecule has 0 radical (unpaired) electrons. The van der Waals surface area contributed by atoms with Crippen molar-refractivity contribution in [1.29, 1.82) is 0 Å². The fraction of sp³-hybridized carbons (Fsp3) is 0.769. The van der Waals surface area contributed by atoms with Gasteiger partial charge in [-0.1, -0.05) is 25.7 Å². The minimum atomic E-state index is 0.549. The number of nitrogens with two attached hydrogens (primary N) is 1. The van der Waals surface area contributed by atoms with E-state index in [0.717, 1.165) is 23.8 Å². The average molecular weight is 222 g/mol. The van der Waals surface area contributed by atoms with Gasteiger partial charge in [-0.3, -0.25) is 0 Å². The maximum atomic E-state index is 5.86. The van der Waals surface area contributed by atoms with Gasteiger partial charge in [0.2, 0.25) is 0 Å². The zero-order valence-electron chi connectivity index (χ0n) is 10.2. The van der Waals surface area contributed by atoms with E-state index >= 15 is 0 Å². The number of hydrogen-bond acceptors (Lipinski definition) is 3. The van der Waals surface area contributed by atoms with Crippen LogP contribution in [0.1, 0.15) is 61.8 Å². The Kier molecular flexibility index (Phi) is 3.99. The minimum Gasteiger partial charge on any atom is -0.445 e. The molecule has 1 aromatic rings. The van der Waals surface area contributed by atoms with Crippen molar-refractivity contribution in [2.75, 3.05) is 6.54 Å². The van der Waals surface area contributed by atoms with Crippen LogP contribution in [0, 0.1) is 6.92 Å². The van der Waals surface area contributed by atoms with Crippen LogP contribution in [0.2, 0.25) is 0 Å². The smallest absolute Gasteiger partial charge is 0.197 e. The molecule has 0 bridgehead atoms. The van der Waals surface area contributed by atoms with Crippen molar-refractivity contribution in [2.45, 2.75) is 57.8 Å². The normalized spacial score (nSPS) is 18.6. The molecule has 0 spiro atoms. The summed E-state index contributed by atoms with van der Waals surface area (Å²) < 4.78 is 5.86. The van der Waals surface area contributed by atoms with Crippen molar-refractivity contribution < 1.29 is 4.42 Å². The summed E-state index contributed by atoms with van der Waals surface area (Å²) in [6.45, 7) is 2.66. The third-order valence-corrected chi connectivity index (χ3v) is 3.49. The molecule has 3 heteroatoms. The van der Waals surface area contributed by atoms with Crippen molar-refractivity contribution in [1.82, 2.24) is 4.98 Å². The molecule has 1 aliphatic carbocycles. The quantitative estimate of drug-likeness (QED) is 0.800. The van der Waals surface area contributed by atoms with Gasteiger partial charge in [0.05, 0.1) is 5.69 Å². The molecule has 0 aromatic carbocycles. The van der Waals surface area contributed by atoms with Gasteiger partial charge >= 0.3 is 0 Å². The summed E-state index contributed by atoms with van der Waals surface area (Å²) in [5.41, 5.74) is 6.59. The predicted molar refractivity (Wildman–Crippen MR) is 64.4 cm³/mol. The molecule has 0 unspecified atom stereocenters. The van der Waals surface area contributed by atoms with Gasteiger partial charge in [0, 0.05) is 12.3 Å². The molecule has 1 saturated carbocycles. The SMILES string of the molecule is Cc1nc(C2CCCCCC2)oc1CCN. The largest absolute Gasteiger partial charge is 0.445 e. The number of aromatic nitrogens is 1. The van der Waals surface area contributed by atoms with E-state index in [9.17, 15) is 0 Å². The lowest BCUT2D eigenvalue weighted by atomic mass is 10.0. The van der Waals surface area contributed by atoms with Gasteiger partial charge in [0.25, 0.3) is 0 Å². The fourth-order valence-electron chi connectivity index (χ4n) is 2.51. The first kappa shape index (κ1) is 11.6. The minimum absolute atomic E-state index is 0.549. The monoisotopic (exact) mass is 222 g/mol. The molecular formula is C13H22N2O. The molecule has 16 heavy (non-hydrogen) atoms. The molecule has 1 aromatic heterocycles. The Balaban J connectivity index is 2.09. The van der Waals surface area contributed by atoms with Gasteiger partial charge in [0.1, 0.15) is 5.76 Å². The van der Waals surface area contributed by atoms with E-state index < -0.39 is 0 Å². The zero-order chi connectivity index (χ0) is 11.4. The van der Waals surface area contributed by atoms with Crippen LogP contribution in [0.15, 0.2) is 4.42 Å². The van der Waals surface area contributed by atoms with E-state index in [1.165, 1.54) is 38.5 Å². The van der Waals surface area contributed by atoms with Gasteiger partial charge in [-0.05, 0) is 26.3 Å². The van der Waals surface area contributed by atoms with Crippen LogP contribution in [-0.2, 0) is 6.42 Å². The van der Waals surface area contributed by atoms with Crippen LogP contribution in [0.25, 0.3) is 0 Å². The molecule has 90 valence electrons. The summed E-state index contributed by atoms with van der Waals surface area (Å²) in [4.78, 5) is 4.57.